The Morgan fingerprint density at radius 3 is 1.20 bits per heavy atom. The molecule has 6 saturated heterocycles. The molecule has 6 aliphatic heterocycles. The third-order valence-electron chi connectivity index (χ3n) is 16.9. The number of hydrogen-bond donors (Lipinski definition) is 5. The molecule has 1 aromatic carbocycles. The molecule has 22 heteroatoms. The van der Waals surface area contributed by atoms with Crippen molar-refractivity contribution in [1.82, 2.24) is 64.5 Å². The number of aromatic amines is 3. The van der Waals surface area contributed by atoms with Gasteiger partial charge in [-0.2, -0.15) is 0 Å². The summed E-state index contributed by atoms with van der Waals surface area (Å²) in [6, 6.07) is 10.6. The molecule has 82 heavy (non-hydrogen) atoms. The van der Waals surface area contributed by atoms with Crippen LogP contribution >= 0.6 is 0 Å². The highest BCUT2D eigenvalue weighted by atomic mass is 16.5. The van der Waals surface area contributed by atoms with Gasteiger partial charge in [0.2, 0.25) is 23.8 Å². The zero-order valence-corrected chi connectivity index (χ0v) is 48.2. The Hall–Kier alpha value is -7.30. The molecule has 0 aliphatic carbocycles. The first kappa shape index (κ1) is 57.9. The van der Waals surface area contributed by atoms with E-state index in [4.69, 9.17) is 19.7 Å². The van der Waals surface area contributed by atoms with E-state index in [-0.39, 0.29) is 22.4 Å². The van der Waals surface area contributed by atoms with Gasteiger partial charge in [-0.25, -0.2) is 34.9 Å². The number of benzene rings is 1. The fourth-order valence-corrected chi connectivity index (χ4v) is 12.2. The highest BCUT2D eigenvalue weighted by molar-refractivity contribution is 5.42. The molecule has 6 fully saturated rings. The van der Waals surface area contributed by atoms with Crippen molar-refractivity contribution in [3.05, 3.63) is 132 Å². The lowest BCUT2D eigenvalue weighted by molar-refractivity contribution is 0.203. The molecule has 6 aromatic rings. The Morgan fingerprint density at radius 2 is 0.866 bits per heavy atom. The third kappa shape index (κ3) is 15.6. The van der Waals surface area contributed by atoms with Crippen molar-refractivity contribution in [2.24, 2.45) is 0 Å². The average Bonchev–Trinajstić information content (AvgIpc) is 4.39. The highest BCUT2D eigenvalue weighted by Gasteiger charge is 2.28. The molecule has 6 aliphatic rings. The number of nitrogens with zero attached hydrogens (tertiary/aromatic N) is 13. The first-order valence-corrected chi connectivity index (χ1v) is 29.9. The second-order valence-electron chi connectivity index (χ2n) is 22.7. The van der Waals surface area contributed by atoms with Crippen LogP contribution in [0.15, 0.2) is 75.6 Å². The predicted molar refractivity (Wildman–Crippen MR) is 318 cm³/mol. The maximum absolute atomic E-state index is 12.1. The number of likely N-dealkylation sites (tertiary alicyclic amines) is 3. The van der Waals surface area contributed by atoms with E-state index in [0.717, 1.165) is 213 Å². The number of hydrogen-bond acceptors (Lipinski definition) is 19. The summed E-state index contributed by atoms with van der Waals surface area (Å²) in [5, 5.41) is 12.9. The summed E-state index contributed by atoms with van der Waals surface area (Å²) in [5.41, 5.74) is 6.06. The molecule has 0 radical (unpaired) electrons. The molecule has 0 spiro atoms. The summed E-state index contributed by atoms with van der Waals surface area (Å²) in [4.78, 5) is 90.6. The maximum Gasteiger partial charge on any atom is 0.252 e. The molecule has 0 amide bonds. The Labute approximate surface area is 480 Å². The topological polar surface area (TPSA) is 250 Å². The van der Waals surface area contributed by atoms with Gasteiger partial charge >= 0.3 is 0 Å². The molecule has 12 rings (SSSR count). The number of H-pyrrole nitrogens is 3. The van der Waals surface area contributed by atoms with E-state index in [1.807, 2.05) is 37.9 Å². The number of ether oxygens (including phenoxy) is 1. The van der Waals surface area contributed by atoms with Crippen LogP contribution < -0.4 is 41.4 Å². The number of phenols is 1. The summed E-state index contributed by atoms with van der Waals surface area (Å²) < 4.78 is 5.11. The predicted octanol–water partition coefficient (Wildman–Crippen LogP) is 6.15. The number of methoxy groups -OCH3 is 1. The molecule has 11 heterocycles. The molecule has 22 nitrogen and oxygen atoms in total. The highest BCUT2D eigenvalue weighted by Crippen LogP contribution is 2.32. The van der Waals surface area contributed by atoms with Crippen LogP contribution in [0.5, 0.6) is 11.5 Å². The van der Waals surface area contributed by atoms with Gasteiger partial charge in [0.25, 0.3) is 16.7 Å². The largest absolute Gasteiger partial charge is 0.504 e. The van der Waals surface area contributed by atoms with Crippen LogP contribution in [0.25, 0.3) is 0 Å². The minimum atomic E-state index is -0.0527. The van der Waals surface area contributed by atoms with Crippen molar-refractivity contribution in [1.29, 1.82) is 0 Å². The monoisotopic (exact) mass is 1120 g/mol. The van der Waals surface area contributed by atoms with Crippen molar-refractivity contribution in [3.8, 4) is 11.5 Å². The minimum Gasteiger partial charge on any atom is -0.504 e. The van der Waals surface area contributed by atoms with Crippen LogP contribution in [0.3, 0.4) is 0 Å². The average molecular weight is 1120 g/mol. The van der Waals surface area contributed by atoms with E-state index in [9.17, 15) is 19.5 Å². The van der Waals surface area contributed by atoms with E-state index in [1.54, 1.807) is 37.4 Å². The van der Waals surface area contributed by atoms with Crippen LogP contribution in [-0.2, 0) is 26.1 Å². The Morgan fingerprint density at radius 1 is 0.512 bits per heavy atom. The Balaban J connectivity index is 0.000000138. The van der Waals surface area contributed by atoms with E-state index in [0.29, 0.717) is 29.5 Å². The van der Waals surface area contributed by atoms with Crippen LogP contribution in [0.4, 0.5) is 23.8 Å². The number of nitrogens with one attached hydrogen (secondary N) is 4. The molecule has 0 saturated carbocycles. The second-order valence-corrected chi connectivity index (χ2v) is 22.7. The fourth-order valence-electron chi connectivity index (χ4n) is 12.2. The van der Waals surface area contributed by atoms with Gasteiger partial charge in [0.1, 0.15) is 5.82 Å². The van der Waals surface area contributed by atoms with Crippen LogP contribution in [0.1, 0.15) is 141 Å². The number of aromatic nitrogens is 10. The summed E-state index contributed by atoms with van der Waals surface area (Å²) >= 11 is 0. The minimum absolute atomic E-state index is 0.0301. The molecule has 0 bridgehead atoms. The Kier molecular flexibility index (Phi) is 19.9. The van der Waals surface area contributed by atoms with Crippen LogP contribution in [0, 0.1) is 0 Å². The van der Waals surface area contributed by atoms with Crippen molar-refractivity contribution in [3.63, 3.8) is 0 Å². The van der Waals surface area contributed by atoms with Crippen LogP contribution in [0.2, 0.25) is 0 Å². The molecule has 5 aromatic heterocycles. The van der Waals surface area contributed by atoms with Gasteiger partial charge in [-0.3, -0.25) is 44.0 Å². The van der Waals surface area contributed by atoms with Crippen molar-refractivity contribution in [2.45, 2.75) is 128 Å². The molecule has 438 valence electrons. The molecule has 5 N–H and O–H groups in total. The summed E-state index contributed by atoms with van der Waals surface area (Å²) in [6.07, 6.45) is 21.6. The van der Waals surface area contributed by atoms with Gasteiger partial charge in [-0.1, -0.05) is 13.0 Å². The number of anilines is 4. The summed E-state index contributed by atoms with van der Waals surface area (Å²) in [5.74, 6) is 5.49. The van der Waals surface area contributed by atoms with Gasteiger partial charge in [-0.05, 0) is 134 Å². The van der Waals surface area contributed by atoms with Crippen molar-refractivity contribution >= 4 is 23.8 Å². The number of phenolic OH excluding ortho intramolecular Hbond substituents is 1. The van der Waals surface area contributed by atoms with E-state index < -0.39 is 0 Å². The summed E-state index contributed by atoms with van der Waals surface area (Å²) in [6.45, 7) is 16.4. The van der Waals surface area contributed by atoms with Gasteiger partial charge in [0.15, 0.2) is 11.5 Å². The molecule has 0 unspecified atom stereocenters. The number of rotatable bonds is 15. The molecule has 0 atom stereocenters. The van der Waals surface area contributed by atoms with Gasteiger partial charge < -0.3 is 29.9 Å². The van der Waals surface area contributed by atoms with Gasteiger partial charge in [0.05, 0.1) is 24.2 Å². The fraction of sp³-hybridized carbons (Fsp3) is 0.567. The van der Waals surface area contributed by atoms with Gasteiger partial charge in [-0.15, -0.1) is 0 Å². The zero-order valence-electron chi connectivity index (χ0n) is 48.2. The van der Waals surface area contributed by atoms with E-state index >= 15 is 0 Å². The third-order valence-corrected chi connectivity index (χ3v) is 16.9. The molecular weight excluding hydrogens is 1040 g/mol. The first-order chi connectivity index (χ1) is 40.0. The normalized spacial score (nSPS) is 18.7. The van der Waals surface area contributed by atoms with E-state index in [1.165, 1.54) is 25.7 Å². The van der Waals surface area contributed by atoms with Crippen molar-refractivity contribution < 1.29 is 9.84 Å². The maximum atomic E-state index is 12.1. The van der Waals surface area contributed by atoms with Crippen LogP contribution in [-0.4, -0.2) is 162 Å². The number of piperidine rings is 3. The second kappa shape index (κ2) is 28.1. The van der Waals surface area contributed by atoms with E-state index in [2.05, 4.69) is 76.5 Å². The lowest BCUT2D eigenvalue weighted by Crippen LogP contribution is -2.33. The first-order valence-electron chi connectivity index (χ1n) is 29.9. The number of aryl methyl sites for hydroxylation is 1. The van der Waals surface area contributed by atoms with Gasteiger partial charge in [0, 0.05) is 144 Å². The SMILES string of the molecule is CCc1ncc(CN2CCC(c3cc(=O)[nH]c(N4CCCC4)n3)CC2)cn1.CNc1ncc(CN2CCC(c3cc(=O)[nH]c(N4CCCC4)n3)CC2)cn1.COc1ccc(CN2CCC(c3cc(=O)[nH]c(N4CCCC4)n3)CC2)cc1O. The smallest absolute Gasteiger partial charge is 0.252 e. The lowest BCUT2D eigenvalue weighted by Gasteiger charge is -2.32. The molecular formula is C60H83N17O5. The van der Waals surface area contributed by atoms with Crippen molar-refractivity contribution in [2.75, 3.05) is 113 Å². The standard InChI is InChI=1S/C21H28N4O3.C20H28N6O.C19H27N7O/c1-28-19-5-4-15(12-18(19)26)14-24-10-6-16(7-11-24)17-13-20(27)23-21(22-17)25-8-2-3-9-25;1-2-18-21-12-15(13-22-18)14-25-9-5-16(6-10-25)17-11-19(27)24-20(23-17)26-7-3-4-8-26;1-20-18-21-11-14(12-22-18)13-25-8-4-15(5-9-25)16-10-17(27)24-19(23-16)26-6-2-3-7-26/h4-5,12-13,16,26H,2-3,6-11,14H2,1H3,(H,22,23,27);11-13,16H,2-10,14H2,1H3,(H,23,24,27);10-12,15H,2-9,13H2,1H3,(H,20,21,22)(H,23,24,27). The Bertz CT molecular complexity index is 3010. The zero-order chi connectivity index (χ0) is 56.8. The quantitative estimate of drug-likeness (QED) is 0.0774. The lowest BCUT2D eigenvalue weighted by atomic mass is 9.93. The number of aromatic hydroxyl groups is 1. The summed E-state index contributed by atoms with van der Waals surface area (Å²) in [7, 11) is 3.37.